The quantitative estimate of drug-likeness (QED) is 0.634. The molecule has 1 rings (SSSR count). The summed E-state index contributed by atoms with van der Waals surface area (Å²) in [5.74, 6) is -0.591. The van der Waals surface area contributed by atoms with Crippen LogP contribution in [-0.4, -0.2) is 11.9 Å². The first-order chi connectivity index (χ1) is 7.86. The molecule has 3 N–H and O–H groups in total. The first-order valence-corrected chi connectivity index (χ1v) is 5.03. The molecular formula is C11H13F3N2O. The molecule has 0 aliphatic heterocycles. The highest BCUT2D eigenvalue weighted by Gasteiger charge is 2.34. The summed E-state index contributed by atoms with van der Waals surface area (Å²) in [6.45, 7) is 1.68. The van der Waals surface area contributed by atoms with Gasteiger partial charge in [0.05, 0.1) is 5.56 Å². The van der Waals surface area contributed by atoms with Gasteiger partial charge in [-0.25, -0.2) is 0 Å². The number of rotatable bonds is 4. The second-order valence-corrected chi connectivity index (χ2v) is 3.46. The van der Waals surface area contributed by atoms with Gasteiger partial charge in [-0.15, -0.1) is 0 Å². The number of nitrogens with two attached hydrogens (primary N) is 1. The molecular weight excluding hydrogens is 233 g/mol. The lowest BCUT2D eigenvalue weighted by Gasteiger charge is -2.19. The van der Waals surface area contributed by atoms with E-state index in [1.165, 1.54) is 18.2 Å². The molecule has 0 spiro atoms. The number of nitrogens with one attached hydrogen (secondary N) is 1. The van der Waals surface area contributed by atoms with Crippen LogP contribution in [-0.2, 0) is 6.18 Å². The highest BCUT2D eigenvalue weighted by atomic mass is 19.4. The van der Waals surface area contributed by atoms with E-state index in [-0.39, 0.29) is 11.6 Å². The predicted octanol–water partition coefficient (Wildman–Crippen LogP) is 2.80. The molecule has 0 saturated heterocycles. The minimum atomic E-state index is -4.48. The van der Waals surface area contributed by atoms with Crippen molar-refractivity contribution in [2.24, 2.45) is 5.73 Å². The summed E-state index contributed by atoms with van der Waals surface area (Å²) in [5, 5.41) is 7.20. The fourth-order valence-corrected chi connectivity index (χ4v) is 1.32. The van der Waals surface area contributed by atoms with Crippen LogP contribution >= 0.6 is 0 Å². The van der Waals surface area contributed by atoms with Crippen LogP contribution in [0.1, 0.15) is 18.9 Å². The molecule has 0 fully saturated rings. The lowest BCUT2D eigenvalue weighted by molar-refractivity contribution is -0.139. The number of para-hydroxylation sites is 1. The van der Waals surface area contributed by atoms with E-state index in [0.717, 1.165) is 6.07 Å². The second kappa shape index (κ2) is 5.07. The van der Waals surface area contributed by atoms with Crippen molar-refractivity contribution in [2.45, 2.75) is 25.6 Å². The van der Waals surface area contributed by atoms with Crippen molar-refractivity contribution in [1.82, 2.24) is 0 Å². The van der Waals surface area contributed by atoms with Crippen molar-refractivity contribution >= 4 is 5.84 Å². The third kappa shape index (κ3) is 3.37. The molecule has 0 saturated carbocycles. The van der Waals surface area contributed by atoms with E-state index in [0.29, 0.717) is 6.42 Å². The SMILES string of the molecule is CCC(Oc1ccccc1C(F)(F)F)C(=N)N. The van der Waals surface area contributed by atoms with Gasteiger partial charge in [-0.2, -0.15) is 13.2 Å². The zero-order chi connectivity index (χ0) is 13.1. The first kappa shape index (κ1) is 13.3. The maximum atomic E-state index is 12.6. The molecule has 1 aromatic carbocycles. The van der Waals surface area contributed by atoms with E-state index in [4.69, 9.17) is 15.9 Å². The molecule has 6 heteroatoms. The zero-order valence-electron chi connectivity index (χ0n) is 9.21. The normalized spacial score (nSPS) is 13.2. The molecule has 0 heterocycles. The van der Waals surface area contributed by atoms with Crippen LogP contribution in [0.5, 0.6) is 5.75 Å². The van der Waals surface area contributed by atoms with Crippen LogP contribution in [0, 0.1) is 5.41 Å². The van der Waals surface area contributed by atoms with Gasteiger partial charge in [0, 0.05) is 0 Å². The fourth-order valence-electron chi connectivity index (χ4n) is 1.32. The summed E-state index contributed by atoms with van der Waals surface area (Å²) in [4.78, 5) is 0. The summed E-state index contributed by atoms with van der Waals surface area (Å²) in [6.07, 6.45) is -4.98. The van der Waals surface area contributed by atoms with Gasteiger partial charge in [0.25, 0.3) is 0 Å². The largest absolute Gasteiger partial charge is 0.482 e. The van der Waals surface area contributed by atoms with Gasteiger partial charge in [0.1, 0.15) is 11.6 Å². The lowest BCUT2D eigenvalue weighted by atomic mass is 10.2. The van der Waals surface area contributed by atoms with Crippen LogP contribution in [0.3, 0.4) is 0 Å². The van der Waals surface area contributed by atoms with Crippen LogP contribution in [0.4, 0.5) is 13.2 Å². The van der Waals surface area contributed by atoms with E-state index in [9.17, 15) is 13.2 Å². The Labute approximate surface area is 96.9 Å². The first-order valence-electron chi connectivity index (χ1n) is 5.03. The number of hydrogen-bond donors (Lipinski definition) is 2. The van der Waals surface area contributed by atoms with Gasteiger partial charge in [0.15, 0.2) is 6.10 Å². The Bertz CT molecular complexity index is 404. The minimum absolute atomic E-state index is 0.288. The number of hydrogen-bond acceptors (Lipinski definition) is 2. The van der Waals surface area contributed by atoms with E-state index in [1.807, 2.05) is 0 Å². The number of amidine groups is 1. The van der Waals surface area contributed by atoms with Crippen molar-refractivity contribution in [3.63, 3.8) is 0 Å². The molecule has 0 aliphatic rings. The standard InChI is InChI=1S/C11H13F3N2O/c1-2-8(10(15)16)17-9-6-4-3-5-7(9)11(12,13)14/h3-6,8H,2H2,1H3,(H3,15,16). The van der Waals surface area contributed by atoms with E-state index in [1.54, 1.807) is 6.92 Å². The Kier molecular flexibility index (Phi) is 3.98. The maximum absolute atomic E-state index is 12.6. The number of benzene rings is 1. The Morgan fingerprint density at radius 2 is 2.00 bits per heavy atom. The van der Waals surface area contributed by atoms with E-state index >= 15 is 0 Å². The summed E-state index contributed by atoms with van der Waals surface area (Å²) >= 11 is 0. The maximum Gasteiger partial charge on any atom is 0.419 e. The number of halogens is 3. The second-order valence-electron chi connectivity index (χ2n) is 3.46. The minimum Gasteiger partial charge on any atom is -0.482 e. The Morgan fingerprint density at radius 1 is 1.41 bits per heavy atom. The lowest BCUT2D eigenvalue weighted by Crippen LogP contribution is -2.33. The molecule has 1 atom stereocenters. The van der Waals surface area contributed by atoms with Gasteiger partial charge < -0.3 is 10.5 Å². The smallest absolute Gasteiger partial charge is 0.419 e. The van der Waals surface area contributed by atoms with Crippen molar-refractivity contribution < 1.29 is 17.9 Å². The third-order valence-corrected chi connectivity index (χ3v) is 2.18. The number of ether oxygens (including phenoxy) is 1. The molecule has 94 valence electrons. The van der Waals surface area contributed by atoms with E-state index < -0.39 is 17.8 Å². The Balaban J connectivity index is 3.02. The molecule has 1 aromatic rings. The van der Waals surface area contributed by atoms with Crippen LogP contribution in [0.2, 0.25) is 0 Å². The Morgan fingerprint density at radius 3 is 2.47 bits per heavy atom. The highest BCUT2D eigenvalue weighted by molar-refractivity contribution is 5.82. The van der Waals surface area contributed by atoms with Gasteiger partial charge in [-0.3, -0.25) is 5.41 Å². The number of alkyl halides is 3. The molecule has 0 aromatic heterocycles. The molecule has 0 aliphatic carbocycles. The average Bonchev–Trinajstić information content (AvgIpc) is 2.24. The van der Waals surface area contributed by atoms with Gasteiger partial charge in [-0.1, -0.05) is 19.1 Å². The fraction of sp³-hybridized carbons (Fsp3) is 0.364. The monoisotopic (exact) mass is 246 g/mol. The summed E-state index contributed by atoms with van der Waals surface area (Å²) in [7, 11) is 0. The Hall–Kier alpha value is -1.72. The van der Waals surface area contributed by atoms with Gasteiger partial charge in [-0.05, 0) is 18.6 Å². The molecule has 3 nitrogen and oxygen atoms in total. The van der Waals surface area contributed by atoms with Crippen LogP contribution in [0.25, 0.3) is 0 Å². The third-order valence-electron chi connectivity index (χ3n) is 2.18. The molecule has 1 unspecified atom stereocenters. The van der Waals surface area contributed by atoms with Gasteiger partial charge >= 0.3 is 6.18 Å². The zero-order valence-corrected chi connectivity index (χ0v) is 9.21. The van der Waals surface area contributed by atoms with Crippen LogP contribution in [0.15, 0.2) is 24.3 Å². The summed E-state index contributed by atoms with van der Waals surface area (Å²) < 4.78 is 43.0. The van der Waals surface area contributed by atoms with Crippen molar-refractivity contribution in [3.05, 3.63) is 29.8 Å². The van der Waals surface area contributed by atoms with Gasteiger partial charge in [0.2, 0.25) is 0 Å². The van der Waals surface area contributed by atoms with Crippen molar-refractivity contribution in [3.8, 4) is 5.75 Å². The predicted molar refractivity (Wildman–Crippen MR) is 58.1 cm³/mol. The van der Waals surface area contributed by atoms with Crippen LogP contribution < -0.4 is 10.5 Å². The van der Waals surface area contributed by atoms with Crippen molar-refractivity contribution in [1.29, 1.82) is 5.41 Å². The highest BCUT2D eigenvalue weighted by Crippen LogP contribution is 2.36. The summed E-state index contributed by atoms with van der Waals surface area (Å²) in [6, 6.07) is 4.87. The summed E-state index contributed by atoms with van der Waals surface area (Å²) in [5.41, 5.74) is 4.37. The van der Waals surface area contributed by atoms with E-state index in [2.05, 4.69) is 0 Å². The topological polar surface area (TPSA) is 59.1 Å². The molecule has 17 heavy (non-hydrogen) atoms. The van der Waals surface area contributed by atoms with Crippen molar-refractivity contribution in [2.75, 3.05) is 0 Å². The molecule has 0 amide bonds. The molecule has 0 radical (unpaired) electrons. The molecule has 0 bridgehead atoms. The average molecular weight is 246 g/mol.